The lowest BCUT2D eigenvalue weighted by atomic mass is 10.0. The largest absolute Gasteiger partial charge is 0.476 e. The van der Waals surface area contributed by atoms with Gasteiger partial charge in [0.15, 0.2) is 10.8 Å². The van der Waals surface area contributed by atoms with Gasteiger partial charge in [-0.1, -0.05) is 63.6 Å². The molecule has 11 heteroatoms. The molecule has 0 aliphatic carbocycles. The molecule has 1 aromatic heterocycles. The van der Waals surface area contributed by atoms with Crippen molar-refractivity contribution in [3.63, 3.8) is 0 Å². The number of sulfonamides is 1. The molecule has 0 radical (unpaired) electrons. The first-order valence-corrected chi connectivity index (χ1v) is 15.3. The second kappa shape index (κ2) is 12.3. The Morgan fingerprint density at radius 3 is 2.33 bits per heavy atom. The summed E-state index contributed by atoms with van der Waals surface area (Å²) in [5.74, 6) is -1.17. The highest BCUT2D eigenvalue weighted by Gasteiger charge is 2.41. The molecule has 1 atom stereocenters. The third-order valence-electron chi connectivity index (χ3n) is 6.80. The number of carboxylic acid groups (broad SMARTS) is 1. The van der Waals surface area contributed by atoms with Crippen molar-refractivity contribution in [3.8, 4) is 0 Å². The first kappa shape index (κ1) is 28.7. The molecule has 2 N–H and O–H groups in total. The highest BCUT2D eigenvalue weighted by Crippen LogP contribution is 2.28. The minimum absolute atomic E-state index is 0.0534. The molecule has 2 aromatic carbocycles. The van der Waals surface area contributed by atoms with Crippen LogP contribution in [0.2, 0.25) is 0 Å². The number of amides is 1. The molecule has 39 heavy (non-hydrogen) atoms. The Bertz CT molecular complexity index is 1400. The first-order valence-electron chi connectivity index (χ1n) is 13.0. The van der Waals surface area contributed by atoms with Crippen molar-refractivity contribution >= 4 is 38.4 Å². The summed E-state index contributed by atoms with van der Waals surface area (Å²) in [6, 6.07) is 13.8. The van der Waals surface area contributed by atoms with Crippen LogP contribution in [0.5, 0.6) is 0 Å². The van der Waals surface area contributed by atoms with Gasteiger partial charge in [-0.2, -0.15) is 4.31 Å². The smallest absolute Gasteiger partial charge is 0.355 e. The Morgan fingerprint density at radius 1 is 1.08 bits per heavy atom. The van der Waals surface area contributed by atoms with Gasteiger partial charge in [0.05, 0.1) is 4.90 Å². The van der Waals surface area contributed by atoms with Crippen LogP contribution in [0.4, 0.5) is 5.13 Å². The van der Waals surface area contributed by atoms with Crippen molar-refractivity contribution in [2.24, 2.45) is 0 Å². The van der Waals surface area contributed by atoms with Crippen LogP contribution in [0.3, 0.4) is 0 Å². The fraction of sp³-hybridized carbons (Fsp3) is 0.393. The summed E-state index contributed by atoms with van der Waals surface area (Å²) >= 11 is 1.16. The van der Waals surface area contributed by atoms with E-state index in [1.807, 2.05) is 36.4 Å². The molecule has 9 nitrogen and oxygen atoms in total. The number of nitrogens with zero attached hydrogens (tertiary/aromatic N) is 3. The van der Waals surface area contributed by atoms with E-state index in [0.717, 1.165) is 35.3 Å². The molecular formula is C28H34N4O5S2. The summed E-state index contributed by atoms with van der Waals surface area (Å²) in [7, 11) is -3.97. The Morgan fingerprint density at radius 2 is 1.74 bits per heavy atom. The van der Waals surface area contributed by atoms with Crippen LogP contribution in [0, 0.1) is 0 Å². The van der Waals surface area contributed by atoms with Gasteiger partial charge in [0.2, 0.25) is 15.9 Å². The zero-order valence-corrected chi connectivity index (χ0v) is 24.0. The quantitative estimate of drug-likeness (QED) is 0.376. The normalized spacial score (nSPS) is 16.4. The van der Waals surface area contributed by atoms with E-state index < -0.39 is 27.9 Å². The van der Waals surface area contributed by atoms with Crippen molar-refractivity contribution in [1.82, 2.24) is 14.6 Å². The first-order chi connectivity index (χ1) is 18.6. The standard InChI is InChI=1S/C28H34N4O5S2/c1-4-5-20-8-12-23(13-9-20)39(36,37)32-15-14-31(28-30-24(18-38-28)27(34)35)17-25(32)26(33)29-16-21-6-10-22(11-7-21)19(2)3/h6-13,18-19,25H,4-5,14-17H2,1-3H3,(H,29,33)(H,34,35)/t25-/m1/s1. The van der Waals surface area contributed by atoms with Crippen molar-refractivity contribution < 1.29 is 23.1 Å². The maximum Gasteiger partial charge on any atom is 0.355 e. The van der Waals surface area contributed by atoms with Crippen molar-refractivity contribution in [2.75, 3.05) is 24.5 Å². The van der Waals surface area contributed by atoms with Crippen LogP contribution in [0.15, 0.2) is 58.8 Å². The molecule has 1 saturated heterocycles. The predicted octanol–water partition coefficient (Wildman–Crippen LogP) is 4.11. The number of rotatable bonds is 10. The Labute approximate surface area is 233 Å². The average molecular weight is 571 g/mol. The molecule has 4 rings (SSSR count). The second-order valence-electron chi connectivity index (χ2n) is 9.91. The SMILES string of the molecule is CCCc1ccc(S(=O)(=O)N2CCN(c3nc(C(=O)O)cs3)C[C@@H]2C(=O)NCc2ccc(C(C)C)cc2)cc1. The number of piperazine rings is 1. The topological polar surface area (TPSA) is 120 Å². The third-order valence-corrected chi connectivity index (χ3v) is 9.62. The molecule has 0 bridgehead atoms. The number of aromatic carboxylic acids is 1. The predicted molar refractivity (Wildman–Crippen MR) is 152 cm³/mol. The summed E-state index contributed by atoms with van der Waals surface area (Å²) in [5, 5.41) is 14.1. The van der Waals surface area contributed by atoms with E-state index in [0.29, 0.717) is 11.0 Å². The number of aryl methyl sites for hydroxylation is 1. The second-order valence-corrected chi connectivity index (χ2v) is 12.6. The van der Waals surface area contributed by atoms with Crippen molar-refractivity contribution in [3.05, 3.63) is 76.3 Å². The molecule has 1 aliphatic heterocycles. The zero-order chi connectivity index (χ0) is 28.2. The lowest BCUT2D eigenvalue weighted by molar-refractivity contribution is -0.125. The number of thiazole rings is 1. The van der Waals surface area contributed by atoms with E-state index in [-0.39, 0.29) is 36.8 Å². The molecule has 0 saturated carbocycles. The van der Waals surface area contributed by atoms with Crippen LogP contribution in [-0.2, 0) is 27.8 Å². The van der Waals surface area contributed by atoms with E-state index in [4.69, 9.17) is 0 Å². The van der Waals surface area contributed by atoms with Crippen LogP contribution in [0.25, 0.3) is 0 Å². The van der Waals surface area contributed by atoms with E-state index >= 15 is 0 Å². The van der Waals surface area contributed by atoms with Gasteiger partial charge >= 0.3 is 5.97 Å². The van der Waals surface area contributed by atoms with Crippen LogP contribution in [-0.4, -0.2) is 60.4 Å². The number of anilines is 1. The monoisotopic (exact) mass is 570 g/mol. The van der Waals surface area contributed by atoms with Gasteiger partial charge in [-0.25, -0.2) is 18.2 Å². The number of carbonyl (C=O) groups excluding carboxylic acids is 1. The van der Waals surface area contributed by atoms with Gasteiger partial charge in [-0.15, -0.1) is 11.3 Å². The molecule has 1 fully saturated rings. The summed E-state index contributed by atoms with van der Waals surface area (Å²) in [6.07, 6.45) is 1.81. The minimum Gasteiger partial charge on any atom is -0.476 e. The van der Waals surface area contributed by atoms with Gasteiger partial charge < -0.3 is 15.3 Å². The van der Waals surface area contributed by atoms with Gasteiger partial charge in [0.1, 0.15) is 6.04 Å². The van der Waals surface area contributed by atoms with E-state index in [2.05, 4.69) is 31.1 Å². The number of benzene rings is 2. The lowest BCUT2D eigenvalue weighted by Crippen LogP contribution is -2.60. The van der Waals surface area contributed by atoms with Gasteiger partial charge in [-0.05, 0) is 41.2 Å². The third kappa shape index (κ3) is 6.66. The summed E-state index contributed by atoms with van der Waals surface area (Å²) < 4.78 is 28.7. The number of carboxylic acids is 1. The zero-order valence-electron chi connectivity index (χ0n) is 22.3. The number of carbonyl (C=O) groups is 2. The maximum atomic E-state index is 13.7. The van der Waals surface area contributed by atoms with E-state index in [1.54, 1.807) is 17.0 Å². The number of nitrogens with one attached hydrogen (secondary N) is 1. The highest BCUT2D eigenvalue weighted by molar-refractivity contribution is 7.89. The number of hydrogen-bond donors (Lipinski definition) is 2. The minimum atomic E-state index is -3.97. The van der Waals surface area contributed by atoms with Crippen LogP contribution < -0.4 is 10.2 Å². The molecule has 2 heterocycles. The fourth-order valence-electron chi connectivity index (χ4n) is 4.53. The molecule has 208 valence electrons. The molecular weight excluding hydrogens is 536 g/mol. The average Bonchev–Trinajstić information content (AvgIpc) is 3.43. The molecule has 3 aromatic rings. The van der Waals surface area contributed by atoms with E-state index in [1.165, 1.54) is 15.2 Å². The number of aromatic nitrogens is 1. The van der Waals surface area contributed by atoms with Crippen LogP contribution in [0.1, 0.15) is 60.3 Å². The van der Waals surface area contributed by atoms with Gasteiger partial charge in [0.25, 0.3) is 0 Å². The molecule has 0 spiro atoms. The number of hydrogen-bond acceptors (Lipinski definition) is 7. The van der Waals surface area contributed by atoms with Crippen molar-refractivity contribution in [2.45, 2.75) is 57.0 Å². The Kier molecular flexibility index (Phi) is 9.04. The lowest BCUT2D eigenvalue weighted by Gasteiger charge is -2.39. The maximum absolute atomic E-state index is 13.7. The Balaban J connectivity index is 1.57. The van der Waals surface area contributed by atoms with Crippen LogP contribution >= 0.6 is 11.3 Å². The molecule has 0 unspecified atom stereocenters. The summed E-state index contributed by atoms with van der Waals surface area (Å²) in [5.41, 5.74) is 3.08. The molecule has 1 aliphatic rings. The van der Waals surface area contributed by atoms with Gasteiger partial charge in [0, 0.05) is 31.6 Å². The molecule has 1 amide bonds. The fourth-order valence-corrected chi connectivity index (χ4v) is 6.94. The Hall–Kier alpha value is -3.28. The van der Waals surface area contributed by atoms with Gasteiger partial charge in [-0.3, -0.25) is 4.79 Å². The van der Waals surface area contributed by atoms with Crippen molar-refractivity contribution in [1.29, 1.82) is 0 Å². The van der Waals surface area contributed by atoms with E-state index in [9.17, 15) is 23.1 Å². The summed E-state index contributed by atoms with van der Waals surface area (Å²) in [4.78, 5) is 30.9. The highest BCUT2D eigenvalue weighted by atomic mass is 32.2. The summed E-state index contributed by atoms with van der Waals surface area (Å²) in [6.45, 7) is 6.93.